The Morgan fingerprint density at radius 3 is 2.08 bits per heavy atom. The minimum Gasteiger partial charge on any atom is -0.480 e. The lowest BCUT2D eigenvalue weighted by Gasteiger charge is -2.60. The molecular formula is C69H109NO18S. The number of aliphatic hydroxyl groups is 2. The summed E-state index contributed by atoms with van der Waals surface area (Å²) >= 11 is 0. The van der Waals surface area contributed by atoms with Crippen molar-refractivity contribution >= 4 is 28.6 Å². The second-order valence-electron chi connectivity index (χ2n) is 30.2. The van der Waals surface area contributed by atoms with Crippen LogP contribution in [0, 0.1) is 11.8 Å². The number of aliphatic carboxylic acids is 1. The first-order valence-corrected chi connectivity index (χ1v) is 36.4. The van der Waals surface area contributed by atoms with Crippen LogP contribution in [0.5, 0.6) is 0 Å². The molecule has 11 heterocycles. The van der Waals surface area contributed by atoms with Crippen LogP contribution in [0.3, 0.4) is 0 Å². The van der Waals surface area contributed by atoms with Crippen LogP contribution >= 0.6 is 0 Å². The quantitative estimate of drug-likeness (QED) is 0.0423. The second-order valence-corrected chi connectivity index (χ2v) is 31.8. The molecule has 4 N–H and O–H groups in total. The Labute approximate surface area is 531 Å². The van der Waals surface area contributed by atoms with E-state index < -0.39 is 81.1 Å². The summed E-state index contributed by atoms with van der Waals surface area (Å²) < 4.78 is 90.0. The molecule has 0 bridgehead atoms. The highest BCUT2D eigenvalue weighted by Crippen LogP contribution is 2.55. The fourth-order valence-electron chi connectivity index (χ4n) is 17.5. The summed E-state index contributed by atoms with van der Waals surface area (Å²) in [6.45, 7) is 16.7. The lowest BCUT2D eigenvalue weighted by Crippen LogP contribution is -2.70. The van der Waals surface area contributed by atoms with Gasteiger partial charge in [0, 0.05) is 80.6 Å². The predicted molar refractivity (Wildman–Crippen MR) is 331 cm³/mol. The van der Waals surface area contributed by atoms with E-state index in [0.717, 1.165) is 44.1 Å². The van der Waals surface area contributed by atoms with Crippen molar-refractivity contribution in [2.24, 2.45) is 11.8 Å². The Morgan fingerprint density at radius 1 is 0.674 bits per heavy atom. The van der Waals surface area contributed by atoms with Gasteiger partial charge in [-0.15, -0.1) is 0 Å². The second kappa shape index (κ2) is 28.5. The Bertz CT molecular complexity index is 2540. The lowest BCUT2D eigenvalue weighted by molar-refractivity contribution is -0.356. The summed E-state index contributed by atoms with van der Waals surface area (Å²) in [6, 6.07) is -1.30. The zero-order valence-electron chi connectivity index (χ0n) is 54.7. The van der Waals surface area contributed by atoms with Gasteiger partial charge in [0.05, 0.1) is 114 Å². The van der Waals surface area contributed by atoms with Crippen LogP contribution in [0.25, 0.3) is 0 Å². The van der Waals surface area contributed by atoms with Crippen LogP contribution in [0.1, 0.15) is 222 Å². The van der Waals surface area contributed by atoms with E-state index in [1.807, 2.05) is 13.8 Å². The average molecular weight is 1270 g/mol. The first-order valence-electron chi connectivity index (χ1n) is 34.9. The minimum atomic E-state index is -1.67. The number of ether oxygens (including phenoxy) is 11. The third-order valence-electron chi connectivity index (χ3n) is 22.9. The van der Waals surface area contributed by atoms with Crippen molar-refractivity contribution in [3.05, 3.63) is 23.8 Å². The zero-order valence-corrected chi connectivity index (χ0v) is 55.5. The van der Waals surface area contributed by atoms with Crippen LogP contribution in [0.2, 0.25) is 0 Å². The van der Waals surface area contributed by atoms with Gasteiger partial charge in [-0.2, -0.15) is 0 Å². The van der Waals surface area contributed by atoms with Gasteiger partial charge >= 0.3 is 11.9 Å². The van der Waals surface area contributed by atoms with Crippen molar-refractivity contribution < 1.29 is 86.0 Å². The molecule has 26 atom stereocenters. The van der Waals surface area contributed by atoms with Gasteiger partial charge in [0.15, 0.2) is 0 Å². The molecule has 9 fully saturated rings. The average Bonchev–Trinajstić information content (AvgIpc) is 1.67. The van der Waals surface area contributed by atoms with Crippen LogP contribution < -0.4 is 5.32 Å². The van der Waals surface area contributed by atoms with E-state index in [9.17, 15) is 33.9 Å². The van der Waals surface area contributed by atoms with Gasteiger partial charge in [-0.3, -0.25) is 9.00 Å². The number of carboxylic acids is 1. The molecule has 0 aliphatic carbocycles. The smallest absolute Gasteiger partial charge is 0.331 e. The van der Waals surface area contributed by atoms with Gasteiger partial charge in [-0.25, -0.2) is 9.59 Å². The number of carbonyl (C=O) groups excluding carboxylic acids is 2. The topological polar surface area (TPSA) is 243 Å². The van der Waals surface area contributed by atoms with Crippen molar-refractivity contribution in [3.63, 3.8) is 0 Å². The van der Waals surface area contributed by atoms with Gasteiger partial charge in [-0.05, 0) is 97.5 Å². The maximum Gasteiger partial charge on any atom is 0.331 e. The van der Waals surface area contributed by atoms with Crippen molar-refractivity contribution in [2.45, 2.75) is 360 Å². The van der Waals surface area contributed by atoms with Crippen LogP contribution in [-0.4, -0.2) is 193 Å². The van der Waals surface area contributed by atoms with Gasteiger partial charge in [0.25, 0.3) is 0 Å². The maximum atomic E-state index is 13.5. The number of rotatable bonds is 23. The molecule has 19 nitrogen and oxygen atoms in total. The highest BCUT2D eigenvalue weighted by atomic mass is 32.2. The maximum absolute atomic E-state index is 13.5. The van der Waals surface area contributed by atoms with E-state index in [1.54, 1.807) is 0 Å². The highest BCUT2D eigenvalue weighted by Gasteiger charge is 2.64. The van der Waals surface area contributed by atoms with Crippen molar-refractivity contribution in [1.82, 2.24) is 5.32 Å². The van der Waals surface area contributed by atoms with E-state index in [0.29, 0.717) is 57.8 Å². The molecule has 0 aromatic heterocycles. The zero-order chi connectivity index (χ0) is 63.0. The molecule has 89 heavy (non-hydrogen) atoms. The number of amides is 1. The lowest BCUT2D eigenvalue weighted by atomic mass is 9.72. The number of hydrogen-bond acceptors (Lipinski definition) is 17. The van der Waals surface area contributed by atoms with Crippen molar-refractivity contribution in [3.8, 4) is 0 Å². The first kappa shape index (κ1) is 68.0. The molecule has 2 unspecified atom stereocenters. The number of carboxylic acid groups (broad SMARTS) is 1. The highest BCUT2D eigenvalue weighted by molar-refractivity contribution is 7.85. The summed E-state index contributed by atoms with van der Waals surface area (Å²) in [6.07, 6.45) is 22.5. The van der Waals surface area contributed by atoms with Crippen LogP contribution in [0.15, 0.2) is 23.8 Å². The molecule has 0 saturated carbocycles. The fraction of sp³-hybridized carbons (Fsp3) is 0.899. The molecule has 11 rings (SSSR count). The molecular weight excluding hydrogens is 1160 g/mol. The fourth-order valence-corrected chi connectivity index (χ4v) is 19.0. The summed E-state index contributed by atoms with van der Waals surface area (Å²) in [5.74, 6) is -2.54. The number of esters is 1. The number of carbonyl (C=O) groups is 3. The molecule has 9 saturated heterocycles. The van der Waals surface area contributed by atoms with Gasteiger partial charge in [0.2, 0.25) is 5.91 Å². The normalized spacial score (nSPS) is 45.4. The molecule has 11 aliphatic rings. The summed E-state index contributed by atoms with van der Waals surface area (Å²) in [5.41, 5.74) is -2.77. The van der Waals surface area contributed by atoms with Gasteiger partial charge in [-0.1, -0.05) is 103 Å². The molecule has 1 amide bonds. The Kier molecular flexibility index (Phi) is 21.7. The first-order chi connectivity index (χ1) is 42.5. The predicted octanol–water partition coefficient (Wildman–Crippen LogP) is 9.12. The Hall–Kier alpha value is -2.44. The molecule has 0 aromatic carbocycles. The monoisotopic (exact) mass is 1270 g/mol. The van der Waals surface area contributed by atoms with E-state index in [2.05, 4.69) is 59.0 Å². The summed E-state index contributed by atoms with van der Waals surface area (Å²) in [7, 11) is -1.67. The summed E-state index contributed by atoms with van der Waals surface area (Å²) in [4.78, 5) is 37.4. The van der Waals surface area contributed by atoms with Crippen molar-refractivity contribution in [1.29, 1.82) is 0 Å². The van der Waals surface area contributed by atoms with Gasteiger partial charge in [0.1, 0.15) is 30.0 Å². The molecule has 0 aromatic rings. The minimum absolute atomic E-state index is 0.0192. The number of unbranched alkanes of at least 4 members (excludes halogenated alkanes) is 12. The van der Waals surface area contributed by atoms with Crippen LogP contribution in [-0.2, 0) is 77.3 Å². The molecule has 504 valence electrons. The molecule has 20 heteroatoms. The standard InChI is InChI=1S/C69H109NO18S/c1-9-10-11-12-13-14-15-16-17-18-19-20-21-24-60(73)70-45(64(75)76)40-89(77)39-43(38-71)30-44-31-54(72)69(8)58(78-44)33-50-51(85-69)32-49-46(79-50)23-22-26-65(4)59(82-49)37-68(7)57(86-65)35-56-66(5,88-68)27-25-47-62(84-56)41(2)28-48-53(80-47)36-67(6)55(81-48)34-52-63(87-67)42(3)29-61(74)83-52/h22-23,29,41,43-59,62-63,71-72H,9-21,24-28,30-40H2,1-8H3,(H,70,73)(H,75,76)/b23-22-/t41-,43?,44-,45+,46-,47+,48+,49+,50+,51-,52+,53-,54+,55-,56+,57-,58-,59-,62-,63-,65+,66-,67+,68+,69+,89?/m1/s1. The van der Waals surface area contributed by atoms with E-state index in [-0.39, 0.29) is 128 Å². The SMILES string of the molecule is CCCCCCCCCCCCCCCC(=O)N[C@@H](CS(=O)CC(CO)C[C@@H]1C[C@H](O)[C@]2(C)O[C@@H]3C[C@@H]4O[C@@H]5C[C@]6(C)O[C@]7(C)CC[C@@H]8O[C@@H]9C[C@]%10(C)O[C@@H]%11C(C)=CC(=O)O[C@H]%11C[C@H]%10O[C@H]9C[C@@H](C)[C@H]8O[C@H]7C[C@H]6O[C@@]5(C)C/C=C\[C@H]4O[C@H]3C[C@H]2O1)C(=O)O. The molecule has 0 spiro atoms. The van der Waals surface area contributed by atoms with E-state index in [1.165, 1.54) is 63.9 Å². The Morgan fingerprint density at radius 2 is 1.36 bits per heavy atom. The Balaban J connectivity index is 0.651. The van der Waals surface area contributed by atoms with Crippen LogP contribution in [0.4, 0.5) is 0 Å². The number of nitrogens with one attached hydrogen (secondary N) is 1. The largest absolute Gasteiger partial charge is 0.480 e. The molecule has 0 radical (unpaired) electrons. The van der Waals surface area contributed by atoms with E-state index >= 15 is 0 Å². The van der Waals surface area contributed by atoms with Crippen molar-refractivity contribution in [2.75, 3.05) is 18.1 Å². The third-order valence-corrected chi connectivity index (χ3v) is 24.4. The van der Waals surface area contributed by atoms with E-state index in [4.69, 9.17) is 52.1 Å². The van der Waals surface area contributed by atoms with Gasteiger partial charge < -0.3 is 72.7 Å². The number of fused-ring (bicyclic) bond motifs is 10. The number of hydrogen-bond donors (Lipinski definition) is 4. The third kappa shape index (κ3) is 15.2. The summed E-state index contributed by atoms with van der Waals surface area (Å²) in [5, 5.41) is 35.0. The molecule has 11 aliphatic heterocycles. The number of aliphatic hydroxyl groups excluding tert-OH is 2.